The number of nitrogens with zero attached hydrogens (tertiary/aromatic N) is 3. The van der Waals surface area contributed by atoms with E-state index in [9.17, 15) is 9.59 Å². The Morgan fingerprint density at radius 3 is 2.12 bits per heavy atom. The predicted octanol–water partition coefficient (Wildman–Crippen LogP) is 1.30. The van der Waals surface area contributed by atoms with Gasteiger partial charge in [0.15, 0.2) is 0 Å². The average molecular weight is 353 g/mol. The maximum absolute atomic E-state index is 12.7. The highest BCUT2D eigenvalue weighted by atomic mass is 16.2. The van der Waals surface area contributed by atoms with Crippen LogP contribution >= 0.6 is 0 Å². The Hall–Kier alpha value is -1.14. The predicted molar refractivity (Wildman–Crippen MR) is 100 cm³/mol. The number of nitrogens with two attached hydrogens (primary N) is 1. The van der Waals surface area contributed by atoms with Crippen molar-refractivity contribution < 1.29 is 9.59 Å². The van der Waals surface area contributed by atoms with E-state index in [1.807, 2.05) is 23.6 Å². The van der Waals surface area contributed by atoms with E-state index in [4.69, 9.17) is 5.73 Å². The van der Waals surface area contributed by atoms with Crippen molar-refractivity contribution in [3.05, 3.63) is 0 Å². The minimum atomic E-state index is 0.0329. The zero-order valence-electron chi connectivity index (χ0n) is 16.1. The summed E-state index contributed by atoms with van der Waals surface area (Å²) in [5, 5.41) is 0. The number of hydrogen-bond acceptors (Lipinski definition) is 4. The lowest BCUT2D eigenvalue weighted by Gasteiger charge is -2.40. The Morgan fingerprint density at radius 1 is 1.00 bits per heavy atom. The second-order valence-corrected chi connectivity index (χ2v) is 7.66. The third-order valence-electron chi connectivity index (χ3n) is 6.07. The van der Waals surface area contributed by atoms with E-state index in [0.29, 0.717) is 19.5 Å². The minimum absolute atomic E-state index is 0.0329. The Kier molecular flexibility index (Phi) is 7.69. The number of carbonyl (C=O) groups excluding carboxylic acids is 2. The van der Waals surface area contributed by atoms with Crippen molar-refractivity contribution in [3.63, 3.8) is 0 Å². The van der Waals surface area contributed by atoms with Crippen molar-refractivity contribution in [3.8, 4) is 0 Å². The van der Waals surface area contributed by atoms with Gasteiger partial charge >= 0.3 is 0 Å². The number of carbonyl (C=O) groups is 2. The van der Waals surface area contributed by atoms with Crippen molar-refractivity contribution in [2.24, 2.45) is 11.1 Å². The Balaban J connectivity index is 1.79. The van der Waals surface area contributed by atoms with Gasteiger partial charge in [-0.05, 0) is 38.6 Å². The molecule has 1 heterocycles. The fourth-order valence-electron chi connectivity index (χ4n) is 4.21. The third kappa shape index (κ3) is 5.42. The summed E-state index contributed by atoms with van der Waals surface area (Å²) in [6, 6.07) is 0. The van der Waals surface area contributed by atoms with Gasteiger partial charge in [0, 0.05) is 45.7 Å². The molecule has 1 saturated carbocycles. The van der Waals surface area contributed by atoms with Crippen molar-refractivity contribution in [1.82, 2.24) is 14.7 Å². The van der Waals surface area contributed by atoms with Gasteiger partial charge in [0.25, 0.3) is 0 Å². The van der Waals surface area contributed by atoms with Crippen molar-refractivity contribution in [2.45, 2.75) is 52.4 Å². The lowest BCUT2D eigenvalue weighted by Crippen LogP contribution is -2.52. The molecule has 25 heavy (non-hydrogen) atoms. The van der Waals surface area contributed by atoms with Crippen LogP contribution < -0.4 is 5.73 Å². The smallest absolute Gasteiger partial charge is 0.236 e. The standard InChI is InChI=1S/C19H36N4O2/c1-3-22(4-2)18(25)15-21-10-12-23(13-11-21)17(24)14-19(16-20)8-6-5-7-9-19/h3-16,20H2,1-2H3. The Bertz CT molecular complexity index is 437. The molecule has 6 nitrogen and oxygen atoms in total. The van der Waals surface area contributed by atoms with Gasteiger partial charge in [0.1, 0.15) is 0 Å². The first-order valence-electron chi connectivity index (χ1n) is 10.0. The molecule has 144 valence electrons. The van der Waals surface area contributed by atoms with E-state index in [-0.39, 0.29) is 17.2 Å². The Labute approximate surface area is 152 Å². The third-order valence-corrected chi connectivity index (χ3v) is 6.07. The van der Waals surface area contributed by atoms with Crippen LogP contribution in [0.5, 0.6) is 0 Å². The first-order chi connectivity index (χ1) is 12.0. The molecule has 0 aromatic carbocycles. The first-order valence-corrected chi connectivity index (χ1v) is 10.0. The lowest BCUT2D eigenvalue weighted by atomic mass is 9.71. The van der Waals surface area contributed by atoms with Crippen LogP contribution in [0, 0.1) is 5.41 Å². The SMILES string of the molecule is CCN(CC)C(=O)CN1CCN(C(=O)CC2(CN)CCCCC2)CC1. The van der Waals surface area contributed by atoms with E-state index in [1.165, 1.54) is 19.3 Å². The molecule has 0 unspecified atom stereocenters. The highest BCUT2D eigenvalue weighted by Crippen LogP contribution is 2.38. The maximum atomic E-state index is 12.7. The van der Waals surface area contributed by atoms with Gasteiger partial charge in [-0.3, -0.25) is 14.5 Å². The normalized spacial score (nSPS) is 21.2. The van der Waals surface area contributed by atoms with E-state index in [2.05, 4.69) is 4.90 Å². The van der Waals surface area contributed by atoms with Gasteiger partial charge in [-0.15, -0.1) is 0 Å². The van der Waals surface area contributed by atoms with E-state index in [1.54, 1.807) is 0 Å². The molecule has 0 atom stereocenters. The van der Waals surface area contributed by atoms with Gasteiger partial charge < -0.3 is 15.5 Å². The summed E-state index contributed by atoms with van der Waals surface area (Å²) < 4.78 is 0. The molecule has 6 heteroatoms. The molecule has 2 amide bonds. The van der Waals surface area contributed by atoms with Crippen LogP contribution in [0.1, 0.15) is 52.4 Å². The number of rotatable bonds is 7. The molecular formula is C19H36N4O2. The van der Waals surface area contributed by atoms with Crippen LogP contribution in [-0.2, 0) is 9.59 Å². The number of amides is 2. The molecule has 0 spiro atoms. The first kappa shape index (κ1) is 20.2. The summed E-state index contributed by atoms with van der Waals surface area (Å²) in [5.41, 5.74) is 6.06. The topological polar surface area (TPSA) is 69.9 Å². The fraction of sp³-hybridized carbons (Fsp3) is 0.895. The van der Waals surface area contributed by atoms with Gasteiger partial charge in [-0.2, -0.15) is 0 Å². The van der Waals surface area contributed by atoms with Gasteiger partial charge in [-0.1, -0.05) is 19.3 Å². The molecule has 0 radical (unpaired) electrons. The molecule has 0 aromatic heterocycles. The van der Waals surface area contributed by atoms with Crippen LogP contribution in [0.3, 0.4) is 0 Å². The van der Waals surface area contributed by atoms with Gasteiger partial charge in [0.2, 0.25) is 11.8 Å². The molecule has 0 aromatic rings. The zero-order chi connectivity index (χ0) is 18.3. The number of piperazine rings is 1. The molecule has 2 rings (SSSR count). The summed E-state index contributed by atoms with van der Waals surface area (Å²) in [5.74, 6) is 0.441. The summed E-state index contributed by atoms with van der Waals surface area (Å²) in [6.07, 6.45) is 6.45. The summed E-state index contributed by atoms with van der Waals surface area (Å²) in [7, 11) is 0. The van der Waals surface area contributed by atoms with E-state index in [0.717, 1.165) is 52.1 Å². The Morgan fingerprint density at radius 2 is 1.60 bits per heavy atom. The molecule has 0 bridgehead atoms. The molecular weight excluding hydrogens is 316 g/mol. The molecule has 1 saturated heterocycles. The molecule has 1 aliphatic carbocycles. The van der Waals surface area contributed by atoms with Crippen molar-refractivity contribution in [2.75, 3.05) is 52.4 Å². The fourth-order valence-corrected chi connectivity index (χ4v) is 4.21. The van der Waals surface area contributed by atoms with E-state index < -0.39 is 0 Å². The van der Waals surface area contributed by atoms with Crippen LogP contribution in [0.15, 0.2) is 0 Å². The monoisotopic (exact) mass is 352 g/mol. The van der Waals surface area contributed by atoms with Gasteiger partial charge in [0.05, 0.1) is 6.54 Å². The van der Waals surface area contributed by atoms with Crippen LogP contribution in [-0.4, -0.2) is 78.9 Å². The number of likely N-dealkylation sites (N-methyl/N-ethyl adjacent to an activating group) is 1. The maximum Gasteiger partial charge on any atom is 0.236 e. The van der Waals surface area contributed by atoms with Crippen molar-refractivity contribution >= 4 is 11.8 Å². The highest BCUT2D eigenvalue weighted by molar-refractivity contribution is 5.78. The lowest BCUT2D eigenvalue weighted by molar-refractivity contribution is -0.137. The largest absolute Gasteiger partial charge is 0.342 e. The molecule has 2 aliphatic rings. The molecule has 2 fully saturated rings. The molecule has 2 N–H and O–H groups in total. The van der Waals surface area contributed by atoms with Crippen LogP contribution in [0.4, 0.5) is 0 Å². The quantitative estimate of drug-likeness (QED) is 0.750. The second kappa shape index (κ2) is 9.53. The van der Waals surface area contributed by atoms with Gasteiger partial charge in [-0.25, -0.2) is 0 Å². The second-order valence-electron chi connectivity index (χ2n) is 7.66. The zero-order valence-corrected chi connectivity index (χ0v) is 16.1. The summed E-state index contributed by atoms with van der Waals surface area (Å²) in [4.78, 5) is 31.0. The summed E-state index contributed by atoms with van der Waals surface area (Å²) >= 11 is 0. The molecule has 1 aliphatic heterocycles. The number of hydrogen-bond donors (Lipinski definition) is 1. The average Bonchev–Trinajstić information content (AvgIpc) is 2.64. The van der Waals surface area contributed by atoms with Crippen LogP contribution in [0.25, 0.3) is 0 Å². The van der Waals surface area contributed by atoms with Crippen molar-refractivity contribution in [1.29, 1.82) is 0 Å². The highest BCUT2D eigenvalue weighted by Gasteiger charge is 2.35. The summed E-state index contributed by atoms with van der Waals surface area (Å²) in [6.45, 7) is 9.66. The minimum Gasteiger partial charge on any atom is -0.342 e. The van der Waals surface area contributed by atoms with E-state index >= 15 is 0 Å². The van der Waals surface area contributed by atoms with Crippen LogP contribution in [0.2, 0.25) is 0 Å².